The molecule has 1 N–H and O–H groups in total. The van der Waals surface area contributed by atoms with E-state index >= 15 is 0 Å². The predicted octanol–water partition coefficient (Wildman–Crippen LogP) is 7.68. The summed E-state index contributed by atoms with van der Waals surface area (Å²) in [6, 6.07) is 14.5. The van der Waals surface area contributed by atoms with E-state index in [1.807, 2.05) is 58.0 Å². The first-order chi connectivity index (χ1) is 19.3. The second-order valence-electron chi connectivity index (χ2n) is 12.3. The first-order valence-electron chi connectivity index (χ1n) is 15.5. The van der Waals surface area contributed by atoms with Crippen LogP contribution in [0, 0.1) is 5.92 Å². The Kier molecular flexibility index (Phi) is 11.1. The highest BCUT2D eigenvalue weighted by molar-refractivity contribution is 5.97. The summed E-state index contributed by atoms with van der Waals surface area (Å²) >= 11 is 0. The standard InChI is InChI=1S/C35H50N2O3/c1-25(2)39-33-19-18-31(35(38)36-23-27(5)21-28-13-8-6-9-14-28)32(34(33)40-26(3)4)22-30-17-12-20-37(30)24-29-15-10-7-11-16-29/h6,8-9,13-14,18-19,21,25-26,29-30H,7,10-12,15-17,20,22-24H2,1-5H3,(H,36,38)/t30-/m0/s1. The lowest BCUT2D eigenvalue weighted by Gasteiger charge is -2.32. The fraction of sp³-hybridized carbons (Fsp3) is 0.571. The van der Waals surface area contributed by atoms with Crippen molar-refractivity contribution in [1.29, 1.82) is 0 Å². The molecule has 5 nitrogen and oxygen atoms in total. The van der Waals surface area contributed by atoms with Crippen LogP contribution in [0.15, 0.2) is 48.0 Å². The molecule has 1 aliphatic carbocycles. The smallest absolute Gasteiger partial charge is 0.251 e. The van der Waals surface area contributed by atoms with Crippen LogP contribution in [-0.4, -0.2) is 48.7 Å². The second kappa shape index (κ2) is 14.7. The highest BCUT2D eigenvalue weighted by atomic mass is 16.5. The molecule has 5 heteroatoms. The number of benzene rings is 2. The lowest BCUT2D eigenvalue weighted by molar-refractivity contribution is 0.0954. The van der Waals surface area contributed by atoms with Gasteiger partial charge in [0, 0.05) is 30.3 Å². The number of nitrogens with one attached hydrogen (secondary N) is 1. The van der Waals surface area contributed by atoms with Gasteiger partial charge in [0.05, 0.1) is 12.2 Å². The number of nitrogens with zero attached hydrogens (tertiary/aromatic N) is 1. The maximum absolute atomic E-state index is 13.7. The number of rotatable bonds is 12. The van der Waals surface area contributed by atoms with Gasteiger partial charge in [-0.3, -0.25) is 9.69 Å². The maximum Gasteiger partial charge on any atom is 0.251 e. The van der Waals surface area contributed by atoms with Gasteiger partial charge in [0.25, 0.3) is 5.91 Å². The van der Waals surface area contributed by atoms with Crippen LogP contribution in [0.25, 0.3) is 6.08 Å². The molecule has 0 bridgehead atoms. The summed E-state index contributed by atoms with van der Waals surface area (Å²) in [4.78, 5) is 16.4. The molecule has 2 aliphatic rings. The number of carbonyl (C=O) groups is 1. The van der Waals surface area contributed by atoms with Gasteiger partial charge >= 0.3 is 0 Å². The minimum Gasteiger partial charge on any atom is -0.487 e. The third-order valence-electron chi connectivity index (χ3n) is 8.08. The average molecular weight is 547 g/mol. The van der Waals surface area contributed by atoms with Gasteiger partial charge in [-0.2, -0.15) is 0 Å². The molecule has 40 heavy (non-hydrogen) atoms. The zero-order valence-corrected chi connectivity index (χ0v) is 25.4. The summed E-state index contributed by atoms with van der Waals surface area (Å²) in [7, 11) is 0. The second-order valence-corrected chi connectivity index (χ2v) is 12.3. The van der Waals surface area contributed by atoms with E-state index in [0.717, 1.165) is 53.5 Å². The van der Waals surface area contributed by atoms with E-state index in [0.29, 0.717) is 18.2 Å². The SMILES string of the molecule is CC(=Cc1ccccc1)CNC(=O)c1ccc(OC(C)C)c(OC(C)C)c1C[C@@H]1CCCN1CC1CCCCC1. The van der Waals surface area contributed by atoms with Crippen LogP contribution < -0.4 is 14.8 Å². The van der Waals surface area contributed by atoms with E-state index in [2.05, 4.69) is 35.3 Å². The quantitative estimate of drug-likeness (QED) is 0.297. The molecule has 1 aliphatic heterocycles. The van der Waals surface area contributed by atoms with Gasteiger partial charge in [0.2, 0.25) is 0 Å². The number of hydrogen-bond acceptors (Lipinski definition) is 4. The third-order valence-corrected chi connectivity index (χ3v) is 8.08. The van der Waals surface area contributed by atoms with Crippen LogP contribution in [0.1, 0.15) is 101 Å². The van der Waals surface area contributed by atoms with E-state index in [-0.39, 0.29) is 18.1 Å². The number of carbonyl (C=O) groups excluding carboxylic acids is 1. The molecule has 1 atom stereocenters. The molecule has 0 unspecified atom stereocenters. The summed E-state index contributed by atoms with van der Waals surface area (Å²) in [6.45, 7) is 13.0. The van der Waals surface area contributed by atoms with Gasteiger partial charge in [-0.05, 0) is 96.9 Å². The van der Waals surface area contributed by atoms with Crippen LogP contribution in [0.3, 0.4) is 0 Å². The van der Waals surface area contributed by atoms with Gasteiger partial charge in [0.1, 0.15) is 0 Å². The first kappa shape index (κ1) is 30.2. The Bertz CT molecular complexity index is 1120. The molecular formula is C35H50N2O3. The summed E-state index contributed by atoms with van der Waals surface area (Å²) in [5, 5.41) is 3.18. The van der Waals surface area contributed by atoms with Crippen molar-refractivity contribution in [1.82, 2.24) is 10.2 Å². The molecule has 0 aromatic heterocycles. The van der Waals surface area contributed by atoms with Crippen molar-refractivity contribution in [2.75, 3.05) is 19.6 Å². The minimum absolute atomic E-state index is 0.0158. The van der Waals surface area contributed by atoms with E-state index in [1.54, 1.807) is 0 Å². The Balaban J connectivity index is 1.60. The number of ether oxygens (including phenoxy) is 2. The van der Waals surface area contributed by atoms with Crippen LogP contribution in [0.5, 0.6) is 11.5 Å². The zero-order valence-electron chi connectivity index (χ0n) is 25.4. The summed E-state index contributed by atoms with van der Waals surface area (Å²) in [5.41, 5.74) is 3.92. The van der Waals surface area contributed by atoms with E-state index in [1.165, 1.54) is 45.1 Å². The molecule has 2 aromatic rings. The maximum atomic E-state index is 13.7. The number of hydrogen-bond donors (Lipinski definition) is 1. The van der Waals surface area contributed by atoms with E-state index in [9.17, 15) is 4.79 Å². The van der Waals surface area contributed by atoms with Gasteiger partial charge in [0.15, 0.2) is 11.5 Å². The summed E-state index contributed by atoms with van der Waals surface area (Å²) in [5.74, 6) is 2.21. The molecule has 2 fully saturated rings. The van der Waals surface area contributed by atoms with Gasteiger partial charge < -0.3 is 14.8 Å². The van der Waals surface area contributed by atoms with Crippen molar-refractivity contribution in [2.45, 2.75) is 104 Å². The Labute approximate surface area is 242 Å². The van der Waals surface area contributed by atoms with Gasteiger partial charge in [-0.25, -0.2) is 0 Å². The summed E-state index contributed by atoms with van der Waals surface area (Å²) < 4.78 is 12.7. The highest BCUT2D eigenvalue weighted by Gasteiger charge is 2.31. The Morgan fingerprint density at radius 1 is 0.950 bits per heavy atom. The zero-order chi connectivity index (χ0) is 28.5. The molecule has 1 amide bonds. The molecule has 1 saturated carbocycles. The molecule has 218 valence electrons. The van der Waals surface area contributed by atoms with Crippen molar-refractivity contribution in [3.8, 4) is 11.5 Å². The van der Waals surface area contributed by atoms with E-state index in [4.69, 9.17) is 9.47 Å². The van der Waals surface area contributed by atoms with E-state index < -0.39 is 0 Å². The third kappa shape index (κ3) is 8.60. The van der Waals surface area contributed by atoms with Crippen molar-refractivity contribution in [3.63, 3.8) is 0 Å². The fourth-order valence-corrected chi connectivity index (χ4v) is 6.24. The van der Waals surface area contributed by atoms with Crippen LogP contribution in [0.4, 0.5) is 0 Å². The minimum atomic E-state index is -0.0580. The van der Waals surface area contributed by atoms with Crippen LogP contribution in [0.2, 0.25) is 0 Å². The Morgan fingerprint density at radius 2 is 1.68 bits per heavy atom. The Hall–Kier alpha value is -2.79. The molecule has 4 rings (SSSR count). The molecule has 1 heterocycles. The summed E-state index contributed by atoms with van der Waals surface area (Å²) in [6.07, 6.45) is 12.1. The van der Waals surface area contributed by atoms with Gasteiger partial charge in [-0.1, -0.05) is 61.2 Å². The lowest BCUT2D eigenvalue weighted by atomic mass is 9.88. The number of likely N-dealkylation sites (tertiary alicyclic amines) is 1. The molecule has 1 saturated heterocycles. The lowest BCUT2D eigenvalue weighted by Crippen LogP contribution is -2.36. The van der Waals surface area contributed by atoms with Crippen molar-refractivity contribution in [2.24, 2.45) is 5.92 Å². The topological polar surface area (TPSA) is 50.8 Å². The normalized spacial score (nSPS) is 18.9. The fourth-order valence-electron chi connectivity index (χ4n) is 6.24. The molecule has 2 aromatic carbocycles. The number of amides is 1. The van der Waals surface area contributed by atoms with Gasteiger partial charge in [-0.15, -0.1) is 0 Å². The van der Waals surface area contributed by atoms with Crippen molar-refractivity contribution < 1.29 is 14.3 Å². The molecular weight excluding hydrogens is 496 g/mol. The Morgan fingerprint density at radius 3 is 2.38 bits per heavy atom. The van der Waals surface area contributed by atoms with Crippen LogP contribution >= 0.6 is 0 Å². The molecule has 0 spiro atoms. The molecule has 0 radical (unpaired) electrons. The predicted molar refractivity (Wildman–Crippen MR) is 165 cm³/mol. The van der Waals surface area contributed by atoms with Crippen molar-refractivity contribution in [3.05, 3.63) is 64.7 Å². The largest absolute Gasteiger partial charge is 0.487 e. The van der Waals surface area contributed by atoms with Crippen molar-refractivity contribution >= 4 is 12.0 Å². The van der Waals surface area contributed by atoms with Crippen LogP contribution in [-0.2, 0) is 6.42 Å². The average Bonchev–Trinajstić information content (AvgIpc) is 3.36. The first-order valence-corrected chi connectivity index (χ1v) is 15.5. The highest BCUT2D eigenvalue weighted by Crippen LogP contribution is 2.38. The monoisotopic (exact) mass is 546 g/mol.